The van der Waals surface area contributed by atoms with Crippen LogP contribution in [0.2, 0.25) is 0 Å². The molecule has 1 saturated heterocycles. The van der Waals surface area contributed by atoms with Crippen LogP contribution in [-0.4, -0.2) is 33.0 Å². The molecule has 0 atom stereocenters. The van der Waals surface area contributed by atoms with Crippen molar-refractivity contribution >= 4 is 17.2 Å². The molecule has 1 aliphatic carbocycles. The Morgan fingerprint density at radius 3 is 2.56 bits per heavy atom. The predicted molar refractivity (Wildman–Crippen MR) is 99.0 cm³/mol. The average Bonchev–Trinajstić information content (AvgIpc) is 3.28. The van der Waals surface area contributed by atoms with Gasteiger partial charge in [-0.15, -0.1) is 11.3 Å². The van der Waals surface area contributed by atoms with Crippen molar-refractivity contribution in [1.29, 1.82) is 0 Å². The number of aromatic nitrogens is 4. The lowest BCUT2D eigenvalue weighted by molar-refractivity contribution is 0.495. The van der Waals surface area contributed by atoms with Gasteiger partial charge in [0.25, 0.3) is 0 Å². The minimum atomic E-state index is 0.397. The van der Waals surface area contributed by atoms with Gasteiger partial charge in [0.1, 0.15) is 11.6 Å². The number of thiophene rings is 1. The molecule has 0 radical (unpaired) electrons. The number of aryl methyl sites for hydroxylation is 1. The first-order valence-electron chi connectivity index (χ1n) is 8.72. The molecule has 126 valence electrons. The van der Waals surface area contributed by atoms with Gasteiger partial charge < -0.3 is 4.90 Å². The van der Waals surface area contributed by atoms with Crippen molar-refractivity contribution in [2.24, 2.45) is 0 Å². The minimum Gasteiger partial charge on any atom is -0.355 e. The van der Waals surface area contributed by atoms with E-state index in [1.807, 2.05) is 25.4 Å². The molecule has 6 heteroatoms. The molecule has 0 spiro atoms. The van der Waals surface area contributed by atoms with Crippen LogP contribution in [0.4, 0.5) is 5.82 Å². The fourth-order valence-electron chi connectivity index (χ4n) is 3.25. The quantitative estimate of drug-likeness (QED) is 0.717. The second kappa shape index (κ2) is 5.88. The molecule has 5 nitrogen and oxygen atoms in total. The summed E-state index contributed by atoms with van der Waals surface area (Å²) >= 11 is 1.67. The van der Waals surface area contributed by atoms with E-state index in [4.69, 9.17) is 4.98 Å². The van der Waals surface area contributed by atoms with Gasteiger partial charge in [0.05, 0.1) is 10.8 Å². The van der Waals surface area contributed by atoms with Crippen LogP contribution in [0.25, 0.3) is 10.7 Å². The zero-order chi connectivity index (χ0) is 16.8. The van der Waals surface area contributed by atoms with Crippen LogP contribution in [0, 0.1) is 6.92 Å². The standard InChI is InChI=1S/C19H19N5S/c1-12-7-17(23-19(22-12)16-3-2-6-25-16)24-10-15(11-24)18-20-8-14(9-21-18)13-4-5-13/h2-3,6-9,13,15H,4-5,10-11H2,1H3. The Balaban J connectivity index is 1.31. The normalized spacial score (nSPS) is 17.6. The first-order chi connectivity index (χ1) is 12.3. The number of hydrogen-bond acceptors (Lipinski definition) is 6. The van der Waals surface area contributed by atoms with Crippen LogP contribution < -0.4 is 4.90 Å². The number of anilines is 1. The molecule has 3 aromatic rings. The van der Waals surface area contributed by atoms with Crippen LogP contribution in [0.1, 0.15) is 41.8 Å². The van der Waals surface area contributed by atoms with E-state index in [0.29, 0.717) is 11.8 Å². The summed E-state index contributed by atoms with van der Waals surface area (Å²) < 4.78 is 0. The van der Waals surface area contributed by atoms with Crippen molar-refractivity contribution in [2.75, 3.05) is 18.0 Å². The zero-order valence-electron chi connectivity index (χ0n) is 14.1. The third-order valence-electron chi connectivity index (χ3n) is 4.89. The number of nitrogens with zero attached hydrogens (tertiary/aromatic N) is 5. The predicted octanol–water partition coefficient (Wildman–Crippen LogP) is 3.78. The van der Waals surface area contributed by atoms with Crippen molar-refractivity contribution in [2.45, 2.75) is 31.6 Å². The van der Waals surface area contributed by atoms with Crippen molar-refractivity contribution < 1.29 is 0 Å². The van der Waals surface area contributed by atoms with Crippen molar-refractivity contribution in [3.8, 4) is 10.7 Å². The fourth-order valence-corrected chi connectivity index (χ4v) is 3.90. The molecule has 0 amide bonds. The van der Waals surface area contributed by atoms with Crippen molar-refractivity contribution in [3.05, 3.63) is 53.1 Å². The second-order valence-corrected chi connectivity index (χ2v) is 7.87. The summed E-state index contributed by atoms with van der Waals surface area (Å²) in [4.78, 5) is 21.9. The molecular weight excluding hydrogens is 330 g/mol. The zero-order valence-corrected chi connectivity index (χ0v) is 14.9. The van der Waals surface area contributed by atoms with E-state index < -0.39 is 0 Å². The summed E-state index contributed by atoms with van der Waals surface area (Å²) in [6.07, 6.45) is 6.62. The summed E-state index contributed by atoms with van der Waals surface area (Å²) in [5, 5.41) is 2.06. The third kappa shape index (κ3) is 2.91. The van der Waals surface area contributed by atoms with E-state index in [1.165, 1.54) is 18.4 Å². The Kier molecular flexibility index (Phi) is 3.52. The molecule has 1 saturated carbocycles. The van der Waals surface area contributed by atoms with Crippen LogP contribution >= 0.6 is 11.3 Å². The monoisotopic (exact) mass is 349 g/mol. The molecule has 2 fully saturated rings. The van der Waals surface area contributed by atoms with Crippen molar-refractivity contribution in [1.82, 2.24) is 19.9 Å². The molecule has 1 aliphatic heterocycles. The number of rotatable bonds is 4. The van der Waals surface area contributed by atoms with Gasteiger partial charge in [-0.25, -0.2) is 19.9 Å². The van der Waals surface area contributed by atoms with E-state index in [2.05, 4.69) is 37.4 Å². The van der Waals surface area contributed by atoms with Gasteiger partial charge in [0, 0.05) is 37.2 Å². The first-order valence-corrected chi connectivity index (χ1v) is 9.60. The Bertz CT molecular complexity index is 881. The lowest BCUT2D eigenvalue weighted by atomic mass is 9.99. The summed E-state index contributed by atoms with van der Waals surface area (Å²) in [6, 6.07) is 6.16. The maximum absolute atomic E-state index is 4.76. The van der Waals surface area contributed by atoms with E-state index in [9.17, 15) is 0 Å². The maximum atomic E-state index is 4.76. The second-order valence-electron chi connectivity index (χ2n) is 6.92. The van der Waals surface area contributed by atoms with Gasteiger partial charge in [-0.1, -0.05) is 6.07 Å². The molecule has 25 heavy (non-hydrogen) atoms. The molecule has 2 aliphatic rings. The molecule has 3 aromatic heterocycles. The molecule has 0 unspecified atom stereocenters. The fraction of sp³-hybridized carbons (Fsp3) is 0.368. The van der Waals surface area contributed by atoms with Gasteiger partial charge in [-0.3, -0.25) is 0 Å². The van der Waals surface area contributed by atoms with Gasteiger partial charge >= 0.3 is 0 Å². The average molecular weight is 349 g/mol. The number of hydrogen-bond donors (Lipinski definition) is 0. The molecule has 4 heterocycles. The highest BCUT2D eigenvalue weighted by Gasteiger charge is 2.32. The lowest BCUT2D eigenvalue weighted by Crippen LogP contribution is -2.46. The summed E-state index contributed by atoms with van der Waals surface area (Å²) in [6.45, 7) is 3.87. The van der Waals surface area contributed by atoms with Crippen LogP contribution in [0.15, 0.2) is 36.0 Å². The smallest absolute Gasteiger partial charge is 0.171 e. The Morgan fingerprint density at radius 1 is 1.08 bits per heavy atom. The van der Waals surface area contributed by atoms with E-state index >= 15 is 0 Å². The van der Waals surface area contributed by atoms with Gasteiger partial charge in [0.2, 0.25) is 0 Å². The largest absolute Gasteiger partial charge is 0.355 e. The molecule has 5 rings (SSSR count). The van der Waals surface area contributed by atoms with Gasteiger partial charge in [0.15, 0.2) is 5.82 Å². The van der Waals surface area contributed by atoms with E-state index in [-0.39, 0.29) is 0 Å². The minimum absolute atomic E-state index is 0.397. The van der Waals surface area contributed by atoms with Gasteiger partial charge in [-0.05, 0) is 42.7 Å². The van der Waals surface area contributed by atoms with E-state index in [1.54, 1.807) is 11.3 Å². The molecule has 0 aromatic carbocycles. The molecular formula is C19H19N5S. The lowest BCUT2D eigenvalue weighted by Gasteiger charge is -2.39. The Morgan fingerprint density at radius 2 is 1.88 bits per heavy atom. The summed E-state index contributed by atoms with van der Waals surface area (Å²) in [5.74, 6) is 3.89. The molecule has 0 bridgehead atoms. The Hall–Kier alpha value is -2.34. The van der Waals surface area contributed by atoms with Crippen molar-refractivity contribution in [3.63, 3.8) is 0 Å². The highest BCUT2D eigenvalue weighted by molar-refractivity contribution is 7.13. The van der Waals surface area contributed by atoms with Gasteiger partial charge in [-0.2, -0.15) is 0 Å². The highest BCUT2D eigenvalue weighted by atomic mass is 32.1. The third-order valence-corrected chi connectivity index (χ3v) is 5.76. The molecule has 0 N–H and O–H groups in total. The van der Waals surface area contributed by atoms with Crippen LogP contribution in [0.3, 0.4) is 0 Å². The van der Waals surface area contributed by atoms with Crippen LogP contribution in [-0.2, 0) is 0 Å². The maximum Gasteiger partial charge on any atom is 0.171 e. The topological polar surface area (TPSA) is 54.8 Å². The SMILES string of the molecule is Cc1cc(N2CC(c3ncc(C4CC4)cn3)C2)nc(-c2cccs2)n1. The summed E-state index contributed by atoms with van der Waals surface area (Å²) in [5.41, 5.74) is 2.30. The van der Waals surface area contributed by atoms with Crippen LogP contribution in [0.5, 0.6) is 0 Å². The van der Waals surface area contributed by atoms with E-state index in [0.717, 1.165) is 41.1 Å². The first kappa shape index (κ1) is 15.0. The Labute approximate surface area is 150 Å². The summed E-state index contributed by atoms with van der Waals surface area (Å²) in [7, 11) is 0. The highest BCUT2D eigenvalue weighted by Crippen LogP contribution is 2.39.